The van der Waals surface area contributed by atoms with E-state index in [1.54, 1.807) is 38.1 Å². The predicted molar refractivity (Wildman–Crippen MR) is 138 cm³/mol. The second kappa shape index (κ2) is 10.2. The number of ether oxygens (including phenoxy) is 2. The number of halogens is 4. The van der Waals surface area contributed by atoms with Crippen molar-refractivity contribution in [1.29, 1.82) is 0 Å². The number of esters is 2. The molecule has 0 bridgehead atoms. The lowest BCUT2D eigenvalue weighted by molar-refractivity contribution is -0.158. The topological polar surface area (TPSA) is 82.6 Å². The largest absolute Gasteiger partial charge is 0.465 e. The Labute approximate surface area is 220 Å². The summed E-state index contributed by atoms with van der Waals surface area (Å²) in [6.07, 6.45) is 0. The number of hydrogen-bond donors (Lipinski definition) is 0. The molecule has 0 atom stereocenters. The van der Waals surface area contributed by atoms with Crippen molar-refractivity contribution in [3.63, 3.8) is 0 Å². The van der Waals surface area contributed by atoms with Gasteiger partial charge < -0.3 is 9.47 Å². The van der Waals surface area contributed by atoms with Crippen LogP contribution < -0.4 is 0 Å². The van der Waals surface area contributed by atoms with Gasteiger partial charge in [-0.05, 0) is 43.5 Å². The molecule has 0 aliphatic heterocycles. The van der Waals surface area contributed by atoms with Crippen molar-refractivity contribution in [2.75, 3.05) is 13.2 Å². The first-order chi connectivity index (χ1) is 16.7. The smallest absolute Gasteiger partial charge is 0.328 e. The first kappa shape index (κ1) is 25.5. The second-order valence-electron chi connectivity index (χ2n) is 7.52. The van der Waals surface area contributed by atoms with E-state index in [0.717, 1.165) is 5.39 Å². The number of fused-ring (bicyclic) bond motifs is 4. The van der Waals surface area contributed by atoms with E-state index in [0.29, 0.717) is 26.3 Å². The number of benzene rings is 3. The van der Waals surface area contributed by atoms with Crippen LogP contribution in [0.1, 0.15) is 24.2 Å². The summed E-state index contributed by atoms with van der Waals surface area (Å²) in [5.74, 6) is -4.70. The van der Waals surface area contributed by atoms with E-state index in [-0.39, 0.29) is 39.7 Å². The van der Waals surface area contributed by atoms with Crippen LogP contribution in [-0.4, -0.2) is 35.9 Å². The van der Waals surface area contributed by atoms with Gasteiger partial charge >= 0.3 is 11.9 Å². The van der Waals surface area contributed by atoms with Gasteiger partial charge in [0.2, 0.25) is 5.92 Å². The number of aromatic nitrogens is 1. The Morgan fingerprint density at radius 3 is 2.03 bits per heavy atom. The summed E-state index contributed by atoms with van der Waals surface area (Å²) in [5.41, 5.74) is 0.679. The third kappa shape index (κ3) is 4.64. The van der Waals surface area contributed by atoms with Gasteiger partial charge in [-0.3, -0.25) is 14.4 Å². The first-order valence-electron chi connectivity index (χ1n) is 10.6. The third-order valence-electron chi connectivity index (χ3n) is 5.38. The zero-order valence-corrected chi connectivity index (χ0v) is 21.5. The average Bonchev–Trinajstić information content (AvgIpc) is 2.79. The maximum absolute atomic E-state index is 13.9. The molecule has 0 saturated heterocycles. The molecule has 0 aliphatic rings. The number of rotatable bonds is 6. The molecule has 0 aliphatic carbocycles. The normalized spacial score (nSPS) is 11.4. The fourth-order valence-corrected chi connectivity index (χ4v) is 4.79. The van der Waals surface area contributed by atoms with Gasteiger partial charge in [0.15, 0.2) is 5.78 Å². The van der Waals surface area contributed by atoms with Gasteiger partial charge in [0.05, 0.1) is 39.3 Å². The molecule has 6 nitrogen and oxygen atoms in total. The summed E-state index contributed by atoms with van der Waals surface area (Å²) in [6.45, 7) is 3.09. The minimum atomic E-state index is -1.84. The van der Waals surface area contributed by atoms with Gasteiger partial charge in [0.25, 0.3) is 0 Å². The van der Waals surface area contributed by atoms with Crippen LogP contribution in [0.5, 0.6) is 0 Å². The first-order valence-corrected chi connectivity index (χ1v) is 12.1. The SMILES string of the molecule is CCOC(=O)C(C(=O)OCC)C(=O)c1c2cc(Cl)cc(Cl)c2nc2c1ccc1cc(Cl)c(Cl)cc12. The summed E-state index contributed by atoms with van der Waals surface area (Å²) in [4.78, 5) is 44.1. The standard InChI is InChI=1S/C25H17Cl4NO5/c1-3-34-24(32)20(25(33)35-4-2)23(31)19-13-6-5-11-7-16(27)17(28)10-14(11)21(13)30-22-15(19)8-12(26)9-18(22)29/h5-10,20H,3-4H2,1-2H3. The van der Waals surface area contributed by atoms with Crippen molar-refractivity contribution in [2.45, 2.75) is 13.8 Å². The van der Waals surface area contributed by atoms with Crippen molar-refractivity contribution in [2.24, 2.45) is 5.92 Å². The molecule has 0 spiro atoms. The number of pyridine rings is 1. The zero-order chi connectivity index (χ0) is 25.4. The quantitative estimate of drug-likeness (QED) is 0.0835. The number of nitrogens with zero attached hydrogens (tertiary/aromatic N) is 1. The van der Waals surface area contributed by atoms with Gasteiger partial charge in [0.1, 0.15) is 0 Å². The molecular formula is C25H17Cl4NO5. The van der Waals surface area contributed by atoms with Gasteiger partial charge in [-0.15, -0.1) is 0 Å². The van der Waals surface area contributed by atoms with Crippen molar-refractivity contribution in [1.82, 2.24) is 4.98 Å². The molecule has 1 heterocycles. The monoisotopic (exact) mass is 551 g/mol. The average molecular weight is 553 g/mol. The van der Waals surface area contributed by atoms with E-state index in [9.17, 15) is 14.4 Å². The Kier molecular flexibility index (Phi) is 7.38. The Morgan fingerprint density at radius 2 is 1.40 bits per heavy atom. The van der Waals surface area contributed by atoms with E-state index in [1.165, 1.54) is 12.1 Å². The minimum absolute atomic E-state index is 0.0264. The highest BCUT2D eigenvalue weighted by Gasteiger charge is 2.39. The molecule has 35 heavy (non-hydrogen) atoms. The van der Waals surface area contributed by atoms with Crippen LogP contribution in [0, 0.1) is 5.92 Å². The summed E-state index contributed by atoms with van der Waals surface area (Å²) < 4.78 is 10.0. The van der Waals surface area contributed by atoms with Crippen LogP contribution >= 0.6 is 46.4 Å². The lowest BCUT2D eigenvalue weighted by Crippen LogP contribution is -2.35. The third-order valence-corrected chi connectivity index (χ3v) is 6.60. The summed E-state index contributed by atoms with van der Waals surface area (Å²) in [5, 5.41) is 3.03. The van der Waals surface area contributed by atoms with E-state index >= 15 is 0 Å². The zero-order valence-electron chi connectivity index (χ0n) is 18.5. The van der Waals surface area contributed by atoms with Crippen LogP contribution in [0.4, 0.5) is 0 Å². The number of Topliss-reactive ketones (excluding diaryl/α,β-unsaturated/α-hetero) is 1. The lowest BCUT2D eigenvalue weighted by atomic mass is 9.90. The maximum atomic E-state index is 13.9. The Bertz CT molecular complexity index is 1520. The van der Waals surface area contributed by atoms with Crippen molar-refractivity contribution >= 4 is 96.7 Å². The molecule has 1 aromatic heterocycles. The Balaban J connectivity index is 2.13. The molecule has 4 aromatic rings. The van der Waals surface area contributed by atoms with Crippen LogP contribution in [0.2, 0.25) is 20.1 Å². The summed E-state index contributed by atoms with van der Waals surface area (Å²) in [7, 11) is 0. The second-order valence-corrected chi connectivity index (χ2v) is 9.18. The van der Waals surface area contributed by atoms with Crippen LogP contribution in [-0.2, 0) is 19.1 Å². The number of carbonyl (C=O) groups excluding carboxylic acids is 3. The predicted octanol–water partition coefficient (Wildman–Crippen LogP) is 7.08. The van der Waals surface area contributed by atoms with Crippen molar-refractivity contribution < 1.29 is 23.9 Å². The highest BCUT2D eigenvalue weighted by atomic mass is 35.5. The molecule has 180 valence electrons. The Morgan fingerprint density at radius 1 is 0.771 bits per heavy atom. The van der Waals surface area contributed by atoms with Gasteiger partial charge in [0, 0.05) is 26.7 Å². The molecule has 10 heteroatoms. The van der Waals surface area contributed by atoms with Gasteiger partial charge in [-0.1, -0.05) is 58.5 Å². The van der Waals surface area contributed by atoms with Crippen molar-refractivity contribution in [3.05, 3.63) is 62.1 Å². The fraction of sp³-hybridized carbons (Fsp3) is 0.200. The van der Waals surface area contributed by atoms with Crippen molar-refractivity contribution in [3.8, 4) is 0 Å². The van der Waals surface area contributed by atoms with Gasteiger partial charge in [-0.25, -0.2) is 4.98 Å². The molecule has 4 rings (SSSR count). The number of carbonyl (C=O) groups is 3. The maximum Gasteiger partial charge on any atom is 0.328 e. The van der Waals surface area contributed by atoms with E-state index in [4.69, 9.17) is 60.9 Å². The number of hydrogen-bond acceptors (Lipinski definition) is 6. The minimum Gasteiger partial charge on any atom is -0.465 e. The number of ketones is 1. The molecule has 0 fully saturated rings. The molecule has 3 aromatic carbocycles. The lowest BCUT2D eigenvalue weighted by Gasteiger charge is -2.17. The Hall–Kier alpha value is -2.64. The molecule has 0 radical (unpaired) electrons. The van der Waals surface area contributed by atoms with Crippen LogP contribution in [0.15, 0.2) is 36.4 Å². The molecular weight excluding hydrogens is 536 g/mol. The molecule has 0 saturated carbocycles. The highest BCUT2D eigenvalue weighted by molar-refractivity contribution is 6.43. The summed E-state index contributed by atoms with van der Waals surface area (Å²) >= 11 is 25.2. The molecule has 0 unspecified atom stereocenters. The van der Waals surface area contributed by atoms with Gasteiger partial charge in [-0.2, -0.15) is 0 Å². The highest BCUT2D eigenvalue weighted by Crippen LogP contribution is 2.38. The fourth-order valence-electron chi connectivity index (χ4n) is 3.92. The van der Waals surface area contributed by atoms with Crippen LogP contribution in [0.3, 0.4) is 0 Å². The van der Waals surface area contributed by atoms with Crippen LogP contribution in [0.25, 0.3) is 32.6 Å². The summed E-state index contributed by atoms with van der Waals surface area (Å²) in [6, 6.07) is 9.70. The van der Waals surface area contributed by atoms with E-state index in [1.807, 2.05) is 0 Å². The van der Waals surface area contributed by atoms with E-state index < -0.39 is 23.6 Å². The molecule has 0 N–H and O–H groups in total. The van der Waals surface area contributed by atoms with E-state index in [2.05, 4.69) is 0 Å². The molecule has 0 amide bonds.